The Kier molecular flexibility index (Phi) is 3.94. The molecule has 0 aliphatic carbocycles. The standard InChI is InChI=1S/C13H13N2.ClHO4/c1-14-9-15(2)12-8-4-6-10-5-3-7-11(14)13(10)12;2-1(3,4)5/h3-9H,1-2H3;(H,2,3,4,5)/q+1;/p-1. The zero-order valence-corrected chi connectivity index (χ0v) is 11.7. The quantitative estimate of drug-likeness (QED) is 0.516. The maximum atomic E-state index is 8.49. The van der Waals surface area contributed by atoms with Crippen LogP contribution in [-0.4, -0.2) is 25.0 Å². The van der Waals surface area contributed by atoms with Crippen molar-refractivity contribution in [3.05, 3.63) is 36.4 Å². The molecular weight excluding hydrogens is 284 g/mol. The third kappa shape index (κ3) is 3.24. The van der Waals surface area contributed by atoms with E-state index in [1.807, 2.05) is 0 Å². The Hall–Kier alpha value is -1.70. The van der Waals surface area contributed by atoms with Gasteiger partial charge in [0.15, 0.2) is 0 Å². The van der Waals surface area contributed by atoms with Gasteiger partial charge in [-0.1, -0.05) is 24.3 Å². The fraction of sp³-hybridized carbons (Fsp3) is 0.154. The molecule has 0 atom stereocenters. The van der Waals surface area contributed by atoms with Gasteiger partial charge in [-0.15, -0.1) is 10.2 Å². The lowest BCUT2D eigenvalue weighted by molar-refractivity contribution is -2.00. The molecule has 0 saturated carbocycles. The Bertz CT molecular complexity index is 656. The number of nitrogens with zero attached hydrogens (tertiary/aromatic N) is 2. The smallest absolute Gasteiger partial charge is 0.236 e. The van der Waals surface area contributed by atoms with Crippen molar-refractivity contribution in [2.75, 3.05) is 19.0 Å². The summed E-state index contributed by atoms with van der Waals surface area (Å²) < 4.78 is 36.1. The zero-order valence-electron chi connectivity index (χ0n) is 10.9. The minimum Gasteiger partial charge on any atom is -0.236 e. The van der Waals surface area contributed by atoms with Gasteiger partial charge in [0.1, 0.15) is 11.4 Å². The van der Waals surface area contributed by atoms with Crippen molar-refractivity contribution < 1.29 is 33.5 Å². The molecule has 0 unspecified atom stereocenters. The van der Waals surface area contributed by atoms with Crippen molar-refractivity contribution in [2.45, 2.75) is 0 Å². The van der Waals surface area contributed by atoms with Crippen LogP contribution in [0.25, 0.3) is 10.8 Å². The van der Waals surface area contributed by atoms with Crippen molar-refractivity contribution in [3.8, 4) is 0 Å². The Morgan fingerprint density at radius 2 is 1.55 bits per heavy atom. The monoisotopic (exact) mass is 296 g/mol. The largest absolute Gasteiger partial charge is 0.244 e. The second kappa shape index (κ2) is 5.35. The molecule has 2 aromatic carbocycles. The van der Waals surface area contributed by atoms with E-state index in [4.69, 9.17) is 18.6 Å². The van der Waals surface area contributed by atoms with Crippen LogP contribution in [0.2, 0.25) is 0 Å². The summed E-state index contributed by atoms with van der Waals surface area (Å²) in [6.07, 6.45) is 2.11. The van der Waals surface area contributed by atoms with E-state index in [0.717, 1.165) is 0 Å². The van der Waals surface area contributed by atoms with Gasteiger partial charge in [0.25, 0.3) is 0 Å². The lowest BCUT2D eigenvalue weighted by Crippen LogP contribution is -2.68. The van der Waals surface area contributed by atoms with Gasteiger partial charge in [-0.05, 0) is 17.5 Å². The Morgan fingerprint density at radius 1 is 1.00 bits per heavy atom. The van der Waals surface area contributed by atoms with Gasteiger partial charge in [0.05, 0.1) is 19.5 Å². The summed E-state index contributed by atoms with van der Waals surface area (Å²) in [6, 6.07) is 12.9. The maximum absolute atomic E-state index is 8.49. The highest BCUT2D eigenvalue weighted by atomic mass is 35.7. The lowest BCUT2D eigenvalue weighted by atomic mass is 10.0. The van der Waals surface area contributed by atoms with Crippen LogP contribution in [0.5, 0.6) is 0 Å². The molecule has 1 aliphatic rings. The highest BCUT2D eigenvalue weighted by Crippen LogP contribution is 2.35. The molecule has 0 aromatic heterocycles. The second-order valence-electron chi connectivity index (χ2n) is 4.37. The average molecular weight is 297 g/mol. The molecule has 0 amide bonds. The molecule has 0 spiro atoms. The normalized spacial score (nSPS) is 13.7. The molecule has 0 radical (unpaired) electrons. The van der Waals surface area contributed by atoms with E-state index in [0.29, 0.717) is 0 Å². The van der Waals surface area contributed by atoms with Crippen molar-refractivity contribution in [1.82, 2.24) is 0 Å². The first-order chi connectivity index (χ1) is 9.27. The summed E-state index contributed by atoms with van der Waals surface area (Å²) in [7, 11) is -0.775. The summed E-state index contributed by atoms with van der Waals surface area (Å²) in [6.45, 7) is 0. The highest BCUT2D eigenvalue weighted by molar-refractivity contribution is 6.06. The predicted molar refractivity (Wildman–Crippen MR) is 64.3 cm³/mol. The summed E-state index contributed by atoms with van der Waals surface area (Å²) in [5.41, 5.74) is 2.56. The minimum absolute atomic E-state index is 1.28. The molecule has 0 saturated heterocycles. The minimum atomic E-state index is -4.94. The first kappa shape index (κ1) is 14.7. The third-order valence-corrected chi connectivity index (χ3v) is 2.97. The Morgan fingerprint density at radius 3 is 2.15 bits per heavy atom. The first-order valence-electron chi connectivity index (χ1n) is 5.71. The van der Waals surface area contributed by atoms with Gasteiger partial charge in [0.2, 0.25) is 6.34 Å². The zero-order chi connectivity index (χ0) is 14.9. The van der Waals surface area contributed by atoms with Crippen molar-refractivity contribution in [2.24, 2.45) is 0 Å². The Balaban J connectivity index is 0.000000257. The number of rotatable bonds is 0. The topological polar surface area (TPSA) is 98.5 Å². The van der Waals surface area contributed by atoms with Gasteiger partial charge in [-0.3, -0.25) is 0 Å². The average Bonchev–Trinajstić information content (AvgIpc) is 2.33. The predicted octanol–water partition coefficient (Wildman–Crippen LogP) is -2.16. The van der Waals surface area contributed by atoms with Crippen LogP contribution in [0.15, 0.2) is 36.4 Å². The Labute approximate surface area is 118 Å². The molecule has 20 heavy (non-hydrogen) atoms. The van der Waals surface area contributed by atoms with E-state index < -0.39 is 10.2 Å². The summed E-state index contributed by atoms with van der Waals surface area (Å²) in [5.74, 6) is 0. The van der Waals surface area contributed by atoms with Gasteiger partial charge >= 0.3 is 0 Å². The molecule has 106 valence electrons. The molecule has 7 heteroatoms. The lowest BCUT2D eigenvalue weighted by Gasteiger charge is -2.18. The van der Waals surface area contributed by atoms with Gasteiger partial charge in [0, 0.05) is 0 Å². The van der Waals surface area contributed by atoms with E-state index in [2.05, 4.69) is 66.3 Å². The van der Waals surface area contributed by atoms with E-state index in [1.165, 1.54) is 22.1 Å². The van der Waals surface area contributed by atoms with Crippen molar-refractivity contribution in [3.63, 3.8) is 0 Å². The SMILES string of the molecule is CN1C=[N+](C)c2cccc3cccc1c23.[O-][Cl+3]([O-])([O-])[O-]. The van der Waals surface area contributed by atoms with Crippen LogP contribution >= 0.6 is 0 Å². The van der Waals surface area contributed by atoms with Crippen molar-refractivity contribution >= 4 is 28.5 Å². The van der Waals surface area contributed by atoms with E-state index in [-0.39, 0.29) is 0 Å². The van der Waals surface area contributed by atoms with Gasteiger partial charge in [-0.2, -0.15) is 0 Å². The summed E-state index contributed by atoms with van der Waals surface area (Å²) >= 11 is 0. The van der Waals surface area contributed by atoms with Crippen LogP contribution in [0.4, 0.5) is 11.4 Å². The molecule has 3 rings (SSSR count). The fourth-order valence-corrected chi connectivity index (χ4v) is 2.27. The molecule has 1 heterocycles. The van der Waals surface area contributed by atoms with Gasteiger partial charge < -0.3 is 0 Å². The maximum Gasteiger partial charge on any atom is 0.244 e. The summed E-state index contributed by atoms with van der Waals surface area (Å²) in [4.78, 5) is 2.16. The molecular formula is C13H13ClN2O4. The third-order valence-electron chi connectivity index (χ3n) is 2.97. The number of hydrogen-bond donors (Lipinski definition) is 0. The van der Waals surface area contributed by atoms with Crippen molar-refractivity contribution in [1.29, 1.82) is 0 Å². The number of halogens is 1. The fourth-order valence-electron chi connectivity index (χ4n) is 2.27. The van der Waals surface area contributed by atoms with Crippen LogP contribution < -0.4 is 23.5 Å². The van der Waals surface area contributed by atoms with Crippen LogP contribution in [0, 0.1) is 10.2 Å². The van der Waals surface area contributed by atoms with Crippen LogP contribution in [0.1, 0.15) is 0 Å². The summed E-state index contributed by atoms with van der Waals surface area (Å²) in [5, 5.41) is 2.64. The van der Waals surface area contributed by atoms with E-state index >= 15 is 0 Å². The molecule has 0 bridgehead atoms. The van der Waals surface area contributed by atoms with E-state index in [1.54, 1.807) is 0 Å². The van der Waals surface area contributed by atoms with Gasteiger partial charge in [-0.25, -0.2) is 28.1 Å². The molecule has 0 N–H and O–H groups in total. The first-order valence-corrected chi connectivity index (χ1v) is 6.95. The number of hydrogen-bond acceptors (Lipinski definition) is 5. The highest BCUT2D eigenvalue weighted by Gasteiger charge is 2.20. The molecule has 1 aliphatic heterocycles. The van der Waals surface area contributed by atoms with Crippen LogP contribution in [-0.2, 0) is 0 Å². The number of benzene rings is 2. The molecule has 2 aromatic rings. The second-order valence-corrected chi connectivity index (χ2v) is 5.12. The molecule has 0 fully saturated rings. The number of anilines is 1. The van der Waals surface area contributed by atoms with E-state index in [9.17, 15) is 0 Å². The van der Waals surface area contributed by atoms with Crippen LogP contribution in [0.3, 0.4) is 0 Å². The molecule has 6 nitrogen and oxygen atoms in total.